The molecule has 0 radical (unpaired) electrons. The Morgan fingerprint density at radius 2 is 2.29 bits per heavy atom. The summed E-state index contributed by atoms with van der Waals surface area (Å²) in [5.74, 6) is 1.26. The standard InChI is InChI=1S/C10H11ClO3/c1-6(12)2-7-3-8(11)10-9(4-7)13-5-14-10/h3-4,6,12H,2,5H2,1H3. The maximum Gasteiger partial charge on any atom is 0.231 e. The van der Waals surface area contributed by atoms with Crippen LogP contribution in [0.4, 0.5) is 0 Å². The summed E-state index contributed by atoms with van der Waals surface area (Å²) in [5, 5.41) is 9.77. The number of hydrogen-bond donors (Lipinski definition) is 1. The fourth-order valence-electron chi connectivity index (χ4n) is 1.48. The fraction of sp³-hybridized carbons (Fsp3) is 0.400. The van der Waals surface area contributed by atoms with Gasteiger partial charge in [0.2, 0.25) is 6.79 Å². The van der Waals surface area contributed by atoms with Gasteiger partial charge in [0, 0.05) is 0 Å². The van der Waals surface area contributed by atoms with Gasteiger partial charge in [0.25, 0.3) is 0 Å². The zero-order valence-electron chi connectivity index (χ0n) is 7.79. The highest BCUT2D eigenvalue weighted by molar-refractivity contribution is 6.32. The lowest BCUT2D eigenvalue weighted by molar-refractivity contribution is 0.174. The molecule has 1 aromatic rings. The van der Waals surface area contributed by atoms with Gasteiger partial charge in [0.1, 0.15) is 0 Å². The molecular formula is C10H11ClO3. The number of halogens is 1. The molecule has 0 aromatic heterocycles. The third-order valence-corrected chi connectivity index (χ3v) is 2.30. The minimum absolute atomic E-state index is 0.215. The molecule has 0 amide bonds. The highest BCUT2D eigenvalue weighted by Gasteiger charge is 2.18. The van der Waals surface area contributed by atoms with Crippen molar-refractivity contribution in [2.24, 2.45) is 0 Å². The van der Waals surface area contributed by atoms with E-state index < -0.39 is 0 Å². The van der Waals surface area contributed by atoms with Crippen molar-refractivity contribution in [3.8, 4) is 11.5 Å². The maximum atomic E-state index is 9.23. The molecule has 4 heteroatoms. The van der Waals surface area contributed by atoms with E-state index in [1.54, 1.807) is 13.0 Å². The van der Waals surface area contributed by atoms with E-state index in [2.05, 4.69) is 0 Å². The van der Waals surface area contributed by atoms with Crippen LogP contribution >= 0.6 is 11.6 Å². The Morgan fingerprint density at radius 3 is 3.00 bits per heavy atom. The fourth-order valence-corrected chi connectivity index (χ4v) is 1.77. The van der Waals surface area contributed by atoms with E-state index >= 15 is 0 Å². The molecule has 0 bridgehead atoms. The number of hydrogen-bond acceptors (Lipinski definition) is 3. The summed E-state index contributed by atoms with van der Waals surface area (Å²) in [7, 11) is 0. The lowest BCUT2D eigenvalue weighted by Crippen LogP contribution is -2.03. The number of aliphatic hydroxyl groups is 1. The number of benzene rings is 1. The molecule has 0 spiro atoms. The molecule has 1 heterocycles. The highest BCUT2D eigenvalue weighted by atomic mass is 35.5. The van der Waals surface area contributed by atoms with Crippen LogP contribution in [0.25, 0.3) is 0 Å². The first kappa shape index (κ1) is 9.62. The molecule has 0 aliphatic carbocycles. The van der Waals surface area contributed by atoms with Crippen LogP contribution in [0.5, 0.6) is 11.5 Å². The number of aliphatic hydroxyl groups excluding tert-OH is 1. The Hall–Kier alpha value is -0.930. The van der Waals surface area contributed by atoms with Gasteiger partial charge in [0.15, 0.2) is 11.5 Å². The Kier molecular flexibility index (Phi) is 2.52. The summed E-state index contributed by atoms with van der Waals surface area (Å²) < 4.78 is 10.4. The first-order chi connectivity index (χ1) is 6.66. The highest BCUT2D eigenvalue weighted by Crippen LogP contribution is 2.39. The van der Waals surface area contributed by atoms with E-state index in [0.717, 1.165) is 5.56 Å². The van der Waals surface area contributed by atoms with Crippen LogP contribution in [0.1, 0.15) is 12.5 Å². The zero-order valence-corrected chi connectivity index (χ0v) is 8.54. The summed E-state index contributed by atoms with van der Waals surface area (Å²) in [5.41, 5.74) is 0.953. The maximum absolute atomic E-state index is 9.23. The average molecular weight is 215 g/mol. The molecule has 0 fully saturated rings. The Labute approximate surface area is 87.2 Å². The minimum atomic E-state index is -0.383. The Balaban J connectivity index is 2.32. The van der Waals surface area contributed by atoms with Gasteiger partial charge in [-0.3, -0.25) is 0 Å². The Bertz CT molecular complexity index is 349. The van der Waals surface area contributed by atoms with E-state index in [4.69, 9.17) is 21.1 Å². The summed E-state index contributed by atoms with van der Waals surface area (Å²) in [6.07, 6.45) is 0.183. The second-order valence-corrected chi connectivity index (χ2v) is 3.77. The Morgan fingerprint density at radius 1 is 1.50 bits per heavy atom. The van der Waals surface area contributed by atoms with Crippen molar-refractivity contribution in [2.45, 2.75) is 19.4 Å². The average Bonchev–Trinajstić information content (AvgIpc) is 2.50. The monoisotopic (exact) mass is 214 g/mol. The first-order valence-electron chi connectivity index (χ1n) is 4.43. The van der Waals surface area contributed by atoms with E-state index in [-0.39, 0.29) is 12.9 Å². The summed E-state index contributed by atoms with van der Waals surface area (Å²) in [6, 6.07) is 3.64. The van der Waals surface area contributed by atoms with Crippen molar-refractivity contribution in [3.63, 3.8) is 0 Å². The summed E-state index contributed by atoms with van der Waals surface area (Å²) in [4.78, 5) is 0. The van der Waals surface area contributed by atoms with Crippen molar-refractivity contribution >= 4 is 11.6 Å². The van der Waals surface area contributed by atoms with Crippen molar-refractivity contribution in [2.75, 3.05) is 6.79 Å². The minimum Gasteiger partial charge on any atom is -0.454 e. The van der Waals surface area contributed by atoms with Crippen molar-refractivity contribution in [3.05, 3.63) is 22.7 Å². The van der Waals surface area contributed by atoms with Crippen LogP contribution in [0, 0.1) is 0 Å². The number of ether oxygens (including phenoxy) is 2. The molecule has 14 heavy (non-hydrogen) atoms. The first-order valence-corrected chi connectivity index (χ1v) is 4.80. The van der Waals surface area contributed by atoms with Gasteiger partial charge in [-0.2, -0.15) is 0 Å². The van der Waals surface area contributed by atoms with E-state index in [1.165, 1.54) is 0 Å². The van der Waals surface area contributed by atoms with Crippen LogP contribution in [0.3, 0.4) is 0 Å². The van der Waals surface area contributed by atoms with Crippen molar-refractivity contribution < 1.29 is 14.6 Å². The van der Waals surface area contributed by atoms with Crippen LogP contribution in [0.2, 0.25) is 5.02 Å². The van der Waals surface area contributed by atoms with Crippen molar-refractivity contribution in [1.29, 1.82) is 0 Å². The number of rotatable bonds is 2. The predicted octanol–water partition coefficient (Wildman–Crippen LogP) is 1.99. The molecule has 0 saturated carbocycles. The molecule has 1 atom stereocenters. The molecular weight excluding hydrogens is 204 g/mol. The smallest absolute Gasteiger partial charge is 0.231 e. The van der Waals surface area contributed by atoms with E-state index in [1.807, 2.05) is 6.07 Å². The summed E-state index contributed by atoms with van der Waals surface area (Å²) >= 11 is 5.97. The normalized spacial score (nSPS) is 15.6. The second kappa shape index (κ2) is 3.67. The van der Waals surface area contributed by atoms with Gasteiger partial charge in [0.05, 0.1) is 11.1 Å². The van der Waals surface area contributed by atoms with E-state index in [0.29, 0.717) is 22.9 Å². The quantitative estimate of drug-likeness (QED) is 0.819. The largest absolute Gasteiger partial charge is 0.454 e. The van der Waals surface area contributed by atoms with Gasteiger partial charge < -0.3 is 14.6 Å². The third-order valence-electron chi connectivity index (χ3n) is 2.02. The van der Waals surface area contributed by atoms with Gasteiger partial charge in [-0.25, -0.2) is 0 Å². The van der Waals surface area contributed by atoms with Gasteiger partial charge in [-0.15, -0.1) is 0 Å². The van der Waals surface area contributed by atoms with Gasteiger partial charge >= 0.3 is 0 Å². The predicted molar refractivity (Wildman–Crippen MR) is 53.0 cm³/mol. The topological polar surface area (TPSA) is 38.7 Å². The molecule has 1 aliphatic rings. The van der Waals surface area contributed by atoms with E-state index in [9.17, 15) is 5.11 Å². The van der Waals surface area contributed by atoms with Crippen LogP contribution in [-0.2, 0) is 6.42 Å². The van der Waals surface area contributed by atoms with Crippen LogP contribution in [-0.4, -0.2) is 18.0 Å². The molecule has 0 saturated heterocycles. The lowest BCUT2D eigenvalue weighted by Gasteiger charge is -2.06. The van der Waals surface area contributed by atoms with Crippen LogP contribution in [0.15, 0.2) is 12.1 Å². The molecule has 3 nitrogen and oxygen atoms in total. The zero-order chi connectivity index (χ0) is 10.1. The van der Waals surface area contributed by atoms with Gasteiger partial charge in [-0.1, -0.05) is 11.6 Å². The SMILES string of the molecule is CC(O)Cc1cc(Cl)c2c(c1)OCO2. The molecule has 1 unspecified atom stereocenters. The molecule has 1 aromatic carbocycles. The third kappa shape index (κ3) is 1.79. The van der Waals surface area contributed by atoms with Gasteiger partial charge in [-0.05, 0) is 31.0 Å². The second-order valence-electron chi connectivity index (χ2n) is 3.36. The summed E-state index contributed by atoms with van der Waals surface area (Å²) in [6.45, 7) is 1.95. The molecule has 2 rings (SSSR count). The van der Waals surface area contributed by atoms with Crippen molar-refractivity contribution in [1.82, 2.24) is 0 Å². The lowest BCUT2D eigenvalue weighted by atomic mass is 10.1. The van der Waals surface area contributed by atoms with Crippen LogP contribution < -0.4 is 9.47 Å². The molecule has 1 aliphatic heterocycles. The molecule has 1 N–H and O–H groups in total. The number of fused-ring (bicyclic) bond motifs is 1. The molecule has 76 valence electrons.